The second-order valence-electron chi connectivity index (χ2n) is 7.88. The van der Waals surface area contributed by atoms with Crippen LogP contribution in [0.3, 0.4) is 0 Å². The van der Waals surface area contributed by atoms with Gasteiger partial charge in [-0.25, -0.2) is 4.79 Å². The lowest BCUT2D eigenvalue weighted by atomic mass is 10.1. The van der Waals surface area contributed by atoms with E-state index >= 15 is 0 Å². The molecule has 0 saturated heterocycles. The lowest BCUT2D eigenvalue weighted by Gasteiger charge is -2.23. The van der Waals surface area contributed by atoms with Crippen LogP contribution in [-0.4, -0.2) is 51.2 Å². The van der Waals surface area contributed by atoms with E-state index in [1.807, 2.05) is 30.3 Å². The maximum atomic E-state index is 13.0. The number of halogens is 3. The SMILES string of the molecule is CN1CCc2c(cc(-c3ccnc(-c4cnc5ccccc5c4)c3)n2OC(=O)C(F)(F)F)C1=O. The first-order valence-electron chi connectivity index (χ1n) is 10.3. The predicted octanol–water partition coefficient (Wildman–Crippen LogP) is 3.91. The Balaban J connectivity index is 1.62. The summed E-state index contributed by atoms with van der Waals surface area (Å²) in [7, 11) is 1.60. The highest BCUT2D eigenvalue weighted by atomic mass is 19.4. The van der Waals surface area contributed by atoms with E-state index in [0.29, 0.717) is 16.8 Å². The maximum Gasteiger partial charge on any atom is 0.493 e. The standard InChI is InChI=1S/C24H17F3N4O3/c1-30-9-7-20-17(22(30)32)12-21(31(20)34-23(33)24(25,26)27)15-6-8-28-19(11-15)16-10-14-4-2-3-5-18(14)29-13-16/h2-6,8,10-13H,7,9H2,1H3. The van der Waals surface area contributed by atoms with Crippen molar-refractivity contribution in [1.29, 1.82) is 0 Å². The Bertz CT molecular complexity index is 1450. The highest BCUT2D eigenvalue weighted by molar-refractivity contribution is 5.98. The Morgan fingerprint density at radius 3 is 2.65 bits per heavy atom. The summed E-state index contributed by atoms with van der Waals surface area (Å²) in [4.78, 5) is 39.3. The van der Waals surface area contributed by atoms with Crippen molar-refractivity contribution >= 4 is 22.8 Å². The monoisotopic (exact) mass is 466 g/mol. The highest BCUT2D eigenvalue weighted by Gasteiger charge is 2.43. The molecule has 0 fully saturated rings. The quantitative estimate of drug-likeness (QED) is 0.458. The van der Waals surface area contributed by atoms with Crippen LogP contribution in [0.5, 0.6) is 0 Å². The van der Waals surface area contributed by atoms with Gasteiger partial charge in [-0.3, -0.25) is 14.8 Å². The van der Waals surface area contributed by atoms with Gasteiger partial charge in [0.05, 0.1) is 28.2 Å². The van der Waals surface area contributed by atoms with Gasteiger partial charge in [0.2, 0.25) is 0 Å². The van der Waals surface area contributed by atoms with E-state index in [1.165, 1.54) is 17.2 Å². The van der Waals surface area contributed by atoms with E-state index in [4.69, 9.17) is 4.84 Å². The van der Waals surface area contributed by atoms with Crippen molar-refractivity contribution in [2.75, 3.05) is 13.6 Å². The molecule has 1 aliphatic heterocycles. The third-order valence-electron chi connectivity index (χ3n) is 5.66. The number of pyridine rings is 2. The predicted molar refractivity (Wildman–Crippen MR) is 117 cm³/mol. The van der Waals surface area contributed by atoms with E-state index in [2.05, 4.69) is 9.97 Å². The molecule has 3 aromatic heterocycles. The number of fused-ring (bicyclic) bond motifs is 2. The molecule has 0 aliphatic carbocycles. The van der Waals surface area contributed by atoms with Crippen LogP contribution in [0.1, 0.15) is 16.1 Å². The number of benzene rings is 1. The van der Waals surface area contributed by atoms with Crippen molar-refractivity contribution in [1.82, 2.24) is 19.6 Å². The largest absolute Gasteiger partial charge is 0.493 e. The van der Waals surface area contributed by atoms with Crippen molar-refractivity contribution in [2.45, 2.75) is 12.6 Å². The van der Waals surface area contributed by atoms with Gasteiger partial charge < -0.3 is 9.74 Å². The maximum absolute atomic E-state index is 13.0. The fraction of sp³-hybridized carbons (Fsp3) is 0.167. The second-order valence-corrected chi connectivity index (χ2v) is 7.88. The van der Waals surface area contributed by atoms with E-state index in [9.17, 15) is 22.8 Å². The lowest BCUT2D eigenvalue weighted by Crippen LogP contribution is -2.38. The summed E-state index contributed by atoms with van der Waals surface area (Å²) in [5.41, 5.74) is 3.00. The minimum atomic E-state index is -5.19. The molecule has 4 aromatic rings. The van der Waals surface area contributed by atoms with Crippen LogP contribution in [0.15, 0.2) is 60.9 Å². The fourth-order valence-corrected chi connectivity index (χ4v) is 3.93. The molecule has 0 radical (unpaired) electrons. The highest BCUT2D eigenvalue weighted by Crippen LogP contribution is 2.32. The number of alkyl halides is 3. The molecule has 0 unspecified atom stereocenters. The zero-order valence-corrected chi connectivity index (χ0v) is 17.8. The number of nitrogens with zero attached hydrogens (tertiary/aromatic N) is 4. The van der Waals surface area contributed by atoms with Gasteiger partial charge in [0, 0.05) is 48.9 Å². The molecule has 1 aliphatic rings. The molecule has 1 aromatic carbocycles. The lowest BCUT2D eigenvalue weighted by molar-refractivity contribution is -0.200. The number of hydrogen-bond donors (Lipinski definition) is 0. The summed E-state index contributed by atoms with van der Waals surface area (Å²) in [6, 6.07) is 14.1. The Kier molecular flexibility index (Phi) is 5.07. The Morgan fingerprint density at radius 1 is 1.06 bits per heavy atom. The first kappa shape index (κ1) is 21.6. The van der Waals surface area contributed by atoms with Crippen LogP contribution in [0.4, 0.5) is 13.2 Å². The van der Waals surface area contributed by atoms with Gasteiger partial charge in [0.25, 0.3) is 5.91 Å². The number of amides is 1. The average molecular weight is 466 g/mol. The fourth-order valence-electron chi connectivity index (χ4n) is 3.93. The molecular weight excluding hydrogens is 449 g/mol. The molecule has 5 rings (SSSR count). The van der Waals surface area contributed by atoms with Crippen molar-refractivity contribution in [3.63, 3.8) is 0 Å². The molecule has 1 amide bonds. The summed E-state index contributed by atoms with van der Waals surface area (Å²) in [5, 5.41) is 0.902. The molecule has 172 valence electrons. The summed E-state index contributed by atoms with van der Waals surface area (Å²) in [6.45, 7) is 0.281. The van der Waals surface area contributed by atoms with Crippen LogP contribution in [0, 0.1) is 0 Å². The van der Waals surface area contributed by atoms with Crippen molar-refractivity contribution in [2.24, 2.45) is 0 Å². The van der Waals surface area contributed by atoms with Gasteiger partial charge in [-0.2, -0.15) is 17.9 Å². The smallest absolute Gasteiger partial charge is 0.341 e. The van der Waals surface area contributed by atoms with Gasteiger partial charge in [-0.05, 0) is 30.3 Å². The summed E-state index contributed by atoms with van der Waals surface area (Å²) >= 11 is 0. The normalized spacial score (nSPS) is 13.8. The van der Waals surface area contributed by atoms with Crippen molar-refractivity contribution < 1.29 is 27.6 Å². The van der Waals surface area contributed by atoms with E-state index in [0.717, 1.165) is 15.6 Å². The van der Waals surface area contributed by atoms with Crippen LogP contribution >= 0.6 is 0 Å². The molecule has 10 heteroatoms. The topological polar surface area (TPSA) is 77.3 Å². The minimum Gasteiger partial charge on any atom is -0.341 e. The van der Waals surface area contributed by atoms with E-state index in [1.54, 1.807) is 25.4 Å². The number of carbonyl (C=O) groups is 2. The minimum absolute atomic E-state index is 0.142. The summed E-state index contributed by atoms with van der Waals surface area (Å²) in [5.74, 6) is -2.73. The van der Waals surface area contributed by atoms with Crippen molar-refractivity contribution in [3.8, 4) is 22.5 Å². The third kappa shape index (κ3) is 3.76. The molecule has 34 heavy (non-hydrogen) atoms. The number of carbonyl (C=O) groups excluding carboxylic acids is 2. The summed E-state index contributed by atoms with van der Waals surface area (Å²) < 4.78 is 39.8. The Labute approximate surface area is 191 Å². The molecule has 0 spiro atoms. The number of rotatable bonds is 3. The zero-order chi connectivity index (χ0) is 24.0. The van der Waals surface area contributed by atoms with Gasteiger partial charge in [0.15, 0.2) is 0 Å². The van der Waals surface area contributed by atoms with E-state index < -0.39 is 12.1 Å². The van der Waals surface area contributed by atoms with Gasteiger partial charge in [-0.15, -0.1) is 0 Å². The first-order valence-corrected chi connectivity index (χ1v) is 10.3. The number of hydrogen-bond acceptors (Lipinski definition) is 5. The Morgan fingerprint density at radius 2 is 1.85 bits per heavy atom. The van der Waals surface area contributed by atoms with Gasteiger partial charge in [0.1, 0.15) is 0 Å². The molecule has 0 saturated carbocycles. The second kappa shape index (κ2) is 7.98. The molecule has 4 heterocycles. The molecule has 0 bridgehead atoms. The third-order valence-corrected chi connectivity index (χ3v) is 5.66. The molecular formula is C24H17F3N4O3. The summed E-state index contributed by atoms with van der Waals surface area (Å²) in [6.07, 6.45) is -1.81. The van der Waals surface area contributed by atoms with Crippen LogP contribution in [0.25, 0.3) is 33.4 Å². The van der Waals surface area contributed by atoms with Crippen LogP contribution in [-0.2, 0) is 11.2 Å². The van der Waals surface area contributed by atoms with Crippen LogP contribution in [0.2, 0.25) is 0 Å². The van der Waals surface area contributed by atoms with Gasteiger partial charge >= 0.3 is 12.1 Å². The zero-order valence-electron chi connectivity index (χ0n) is 17.8. The van der Waals surface area contributed by atoms with Crippen LogP contribution < -0.4 is 4.84 Å². The van der Waals surface area contributed by atoms with E-state index in [-0.39, 0.29) is 35.8 Å². The average Bonchev–Trinajstić information content (AvgIpc) is 3.19. The van der Waals surface area contributed by atoms with Gasteiger partial charge in [-0.1, -0.05) is 18.2 Å². The first-order chi connectivity index (χ1) is 16.2. The molecule has 0 N–H and O–H groups in total. The van der Waals surface area contributed by atoms with Crippen molar-refractivity contribution in [3.05, 3.63) is 72.2 Å². The molecule has 0 atom stereocenters. The Hall–Kier alpha value is -4.21. The number of likely N-dealkylation sites (N-methyl/N-ethyl adjacent to an activating group) is 1. The number of aromatic nitrogens is 3. The number of para-hydroxylation sites is 1. The molecule has 7 nitrogen and oxygen atoms in total.